The molecule has 0 aromatic heterocycles. The summed E-state index contributed by atoms with van der Waals surface area (Å²) in [7, 11) is 3.10. The van der Waals surface area contributed by atoms with Crippen molar-refractivity contribution in [2.75, 3.05) is 26.0 Å². The van der Waals surface area contributed by atoms with E-state index in [-0.39, 0.29) is 23.7 Å². The summed E-state index contributed by atoms with van der Waals surface area (Å²) >= 11 is 0. The molecular formula is C17H18FN3O4. The zero-order valence-electron chi connectivity index (χ0n) is 13.9. The molecule has 0 aliphatic carbocycles. The first kappa shape index (κ1) is 18.3. The molecule has 0 unspecified atom stereocenters. The Balaban J connectivity index is 2.01. The molecule has 0 radical (unpaired) electrons. The molecular weight excluding hydrogens is 329 g/mol. The van der Waals surface area contributed by atoms with E-state index in [2.05, 4.69) is 5.32 Å². The van der Waals surface area contributed by atoms with Crippen LogP contribution in [0.5, 0.6) is 5.75 Å². The number of anilines is 1. The molecule has 0 saturated carbocycles. The van der Waals surface area contributed by atoms with E-state index in [1.54, 1.807) is 24.1 Å². The van der Waals surface area contributed by atoms with Crippen LogP contribution in [0, 0.1) is 15.9 Å². The number of hydrogen-bond acceptors (Lipinski definition) is 5. The maximum absolute atomic E-state index is 13.2. The van der Waals surface area contributed by atoms with Gasteiger partial charge < -0.3 is 10.1 Å². The van der Waals surface area contributed by atoms with Gasteiger partial charge in [-0.15, -0.1) is 0 Å². The average Bonchev–Trinajstić information content (AvgIpc) is 2.54. The number of hydrogen-bond donors (Lipinski definition) is 1. The van der Waals surface area contributed by atoms with Gasteiger partial charge in [0.05, 0.1) is 24.6 Å². The number of halogens is 1. The van der Waals surface area contributed by atoms with Crippen LogP contribution in [0.4, 0.5) is 15.8 Å². The Bertz CT molecular complexity index is 782. The number of nitro groups is 1. The molecule has 2 rings (SSSR count). The molecule has 132 valence electrons. The van der Waals surface area contributed by atoms with Gasteiger partial charge >= 0.3 is 0 Å². The molecule has 2 aromatic rings. The van der Waals surface area contributed by atoms with Crippen LogP contribution in [0.15, 0.2) is 42.5 Å². The van der Waals surface area contributed by atoms with Crippen molar-refractivity contribution in [3.63, 3.8) is 0 Å². The highest BCUT2D eigenvalue weighted by Crippen LogP contribution is 2.28. The number of rotatable bonds is 7. The molecule has 0 bridgehead atoms. The molecule has 1 amide bonds. The molecule has 1 N–H and O–H groups in total. The number of carbonyl (C=O) groups excluding carboxylic acids is 1. The lowest BCUT2D eigenvalue weighted by Gasteiger charge is -2.16. The van der Waals surface area contributed by atoms with E-state index in [0.29, 0.717) is 12.3 Å². The van der Waals surface area contributed by atoms with Crippen molar-refractivity contribution in [3.8, 4) is 5.75 Å². The number of likely N-dealkylation sites (N-methyl/N-ethyl adjacent to an activating group) is 1. The van der Waals surface area contributed by atoms with Crippen LogP contribution in [-0.4, -0.2) is 36.4 Å². The van der Waals surface area contributed by atoms with Gasteiger partial charge in [0, 0.05) is 6.54 Å². The van der Waals surface area contributed by atoms with Crippen molar-refractivity contribution < 1.29 is 18.8 Å². The lowest BCUT2D eigenvalue weighted by Crippen LogP contribution is -2.30. The second kappa shape index (κ2) is 8.20. The molecule has 0 fully saturated rings. The van der Waals surface area contributed by atoms with Crippen LogP contribution >= 0.6 is 0 Å². The minimum absolute atomic E-state index is 0.000301. The highest BCUT2D eigenvalue weighted by Gasteiger charge is 2.18. The number of nitro benzene ring substituents is 1. The lowest BCUT2D eigenvalue weighted by molar-refractivity contribution is -0.384. The molecule has 0 heterocycles. The van der Waals surface area contributed by atoms with E-state index in [1.807, 2.05) is 0 Å². The Morgan fingerprint density at radius 2 is 2.08 bits per heavy atom. The third kappa shape index (κ3) is 5.25. The fraction of sp³-hybridized carbons (Fsp3) is 0.235. The molecule has 0 spiro atoms. The molecule has 0 atom stereocenters. The van der Waals surface area contributed by atoms with Gasteiger partial charge in [0.15, 0.2) is 0 Å². The van der Waals surface area contributed by atoms with Crippen molar-refractivity contribution in [3.05, 3.63) is 64.0 Å². The maximum Gasteiger partial charge on any atom is 0.296 e. The van der Waals surface area contributed by atoms with Crippen molar-refractivity contribution in [2.24, 2.45) is 0 Å². The molecule has 8 heteroatoms. The van der Waals surface area contributed by atoms with Gasteiger partial charge in [-0.1, -0.05) is 12.1 Å². The van der Waals surface area contributed by atoms with E-state index in [1.165, 1.54) is 37.4 Å². The second-order valence-corrected chi connectivity index (χ2v) is 5.49. The van der Waals surface area contributed by atoms with E-state index in [4.69, 9.17) is 4.74 Å². The summed E-state index contributed by atoms with van der Waals surface area (Å²) in [6.45, 7) is 0.371. The maximum atomic E-state index is 13.2. The largest absolute Gasteiger partial charge is 0.496 e. The minimum Gasteiger partial charge on any atom is -0.496 e. The summed E-state index contributed by atoms with van der Waals surface area (Å²) in [6, 6.07) is 10.3. The van der Waals surface area contributed by atoms with Crippen LogP contribution in [-0.2, 0) is 11.3 Å². The summed E-state index contributed by atoms with van der Waals surface area (Å²) < 4.78 is 18.1. The normalized spacial score (nSPS) is 10.6. The molecule has 2 aromatic carbocycles. The Morgan fingerprint density at radius 3 is 2.72 bits per heavy atom. The summed E-state index contributed by atoms with van der Waals surface area (Å²) in [6.07, 6.45) is 0. The van der Waals surface area contributed by atoms with E-state index in [9.17, 15) is 19.3 Å². The third-order valence-electron chi connectivity index (χ3n) is 3.43. The fourth-order valence-corrected chi connectivity index (χ4v) is 2.33. The van der Waals surface area contributed by atoms with Crippen LogP contribution in [0.2, 0.25) is 0 Å². The molecule has 0 aliphatic heterocycles. The van der Waals surface area contributed by atoms with Crippen LogP contribution in [0.25, 0.3) is 0 Å². The standard InChI is InChI=1S/C17H18FN3O4/c1-20(10-12-4-3-5-13(18)8-12)11-17(22)19-15-7-6-14(25-2)9-16(15)21(23)24/h3-9H,10-11H2,1-2H3,(H,19,22). The van der Waals surface area contributed by atoms with Gasteiger partial charge in [0.1, 0.15) is 17.3 Å². The minimum atomic E-state index is -0.589. The third-order valence-corrected chi connectivity index (χ3v) is 3.43. The van der Waals surface area contributed by atoms with Gasteiger partial charge in [-0.25, -0.2) is 4.39 Å². The Hall–Kier alpha value is -3.00. The summed E-state index contributed by atoms with van der Waals surface area (Å²) in [5.41, 5.74) is 0.571. The summed E-state index contributed by atoms with van der Waals surface area (Å²) in [5, 5.41) is 13.6. The summed E-state index contributed by atoms with van der Waals surface area (Å²) in [5.74, 6) is -0.427. The quantitative estimate of drug-likeness (QED) is 0.615. The van der Waals surface area contributed by atoms with Gasteiger partial charge in [-0.2, -0.15) is 0 Å². The second-order valence-electron chi connectivity index (χ2n) is 5.49. The average molecular weight is 347 g/mol. The number of carbonyl (C=O) groups is 1. The number of nitrogens with zero attached hydrogens (tertiary/aromatic N) is 2. The van der Waals surface area contributed by atoms with Crippen LogP contribution < -0.4 is 10.1 Å². The number of methoxy groups -OCH3 is 1. The first-order valence-electron chi connectivity index (χ1n) is 7.44. The Morgan fingerprint density at radius 1 is 1.32 bits per heavy atom. The zero-order valence-corrected chi connectivity index (χ0v) is 13.9. The van der Waals surface area contributed by atoms with Crippen molar-refractivity contribution in [1.29, 1.82) is 0 Å². The van der Waals surface area contributed by atoms with Crippen molar-refractivity contribution >= 4 is 17.3 Å². The first-order chi connectivity index (χ1) is 11.9. The van der Waals surface area contributed by atoms with Gasteiger partial charge in [0.25, 0.3) is 5.69 Å². The van der Waals surface area contributed by atoms with Crippen LogP contribution in [0.3, 0.4) is 0 Å². The monoisotopic (exact) mass is 347 g/mol. The van der Waals surface area contributed by atoms with E-state index in [0.717, 1.165) is 5.56 Å². The smallest absolute Gasteiger partial charge is 0.296 e. The first-order valence-corrected chi connectivity index (χ1v) is 7.44. The molecule has 0 saturated heterocycles. The van der Waals surface area contributed by atoms with Crippen molar-refractivity contribution in [1.82, 2.24) is 4.90 Å². The number of ether oxygens (including phenoxy) is 1. The molecule has 25 heavy (non-hydrogen) atoms. The number of nitrogens with one attached hydrogen (secondary N) is 1. The van der Waals surface area contributed by atoms with Gasteiger partial charge in [-0.05, 0) is 36.9 Å². The highest BCUT2D eigenvalue weighted by molar-refractivity contribution is 5.94. The van der Waals surface area contributed by atoms with Gasteiger partial charge in [-0.3, -0.25) is 19.8 Å². The van der Waals surface area contributed by atoms with Crippen LogP contribution in [0.1, 0.15) is 5.56 Å². The summed E-state index contributed by atoms with van der Waals surface area (Å²) in [4.78, 5) is 24.3. The fourth-order valence-electron chi connectivity index (χ4n) is 2.33. The topological polar surface area (TPSA) is 84.7 Å². The SMILES string of the molecule is COc1ccc(NC(=O)CN(C)Cc2cccc(F)c2)c([N+](=O)[O-])c1. The highest BCUT2D eigenvalue weighted by atomic mass is 19.1. The Labute approximate surface area is 144 Å². The zero-order chi connectivity index (χ0) is 18.4. The molecule has 7 nitrogen and oxygen atoms in total. The van der Waals surface area contributed by atoms with Crippen molar-refractivity contribution in [2.45, 2.75) is 6.54 Å². The number of amides is 1. The predicted octanol–water partition coefficient (Wildman–Crippen LogP) is 2.81. The lowest BCUT2D eigenvalue weighted by atomic mass is 10.2. The predicted molar refractivity (Wildman–Crippen MR) is 91.0 cm³/mol. The Kier molecular flexibility index (Phi) is 6.02. The number of benzene rings is 2. The van der Waals surface area contributed by atoms with Gasteiger partial charge in [0.2, 0.25) is 5.91 Å². The van der Waals surface area contributed by atoms with E-state index >= 15 is 0 Å². The molecule has 0 aliphatic rings. The van der Waals surface area contributed by atoms with E-state index < -0.39 is 10.8 Å².